The van der Waals surface area contributed by atoms with Gasteiger partial charge in [0.2, 0.25) is 0 Å². The Kier molecular flexibility index (Phi) is 4.45. The van der Waals surface area contributed by atoms with Crippen molar-refractivity contribution < 1.29 is 5.11 Å². The first-order valence-electron chi connectivity index (χ1n) is 8.38. The summed E-state index contributed by atoms with van der Waals surface area (Å²) in [5.74, 6) is 1.27. The van der Waals surface area contributed by atoms with E-state index in [0.29, 0.717) is 24.5 Å². The molecule has 3 rings (SSSR count). The van der Waals surface area contributed by atoms with E-state index in [1.165, 1.54) is 51.5 Å². The van der Waals surface area contributed by atoms with E-state index in [9.17, 15) is 5.11 Å². The molecule has 3 aliphatic rings. The van der Waals surface area contributed by atoms with Crippen LogP contribution in [0, 0.1) is 11.8 Å². The number of hydrogen-bond donors (Lipinski definition) is 2. The quantitative estimate of drug-likeness (QED) is 0.799. The summed E-state index contributed by atoms with van der Waals surface area (Å²) in [6.45, 7) is 5.15. The Bertz CT molecular complexity index is 292. The average molecular weight is 266 g/mol. The Hall–Kier alpha value is -0.120. The van der Waals surface area contributed by atoms with E-state index >= 15 is 0 Å². The minimum Gasteiger partial charge on any atom is -0.396 e. The van der Waals surface area contributed by atoms with Gasteiger partial charge in [0, 0.05) is 31.3 Å². The molecule has 2 aliphatic carbocycles. The Balaban J connectivity index is 1.44. The number of rotatable bonds is 5. The van der Waals surface area contributed by atoms with Crippen LogP contribution in [0.2, 0.25) is 0 Å². The molecule has 1 saturated heterocycles. The van der Waals surface area contributed by atoms with Gasteiger partial charge in [0.1, 0.15) is 0 Å². The fraction of sp³-hybridized carbons (Fsp3) is 1.00. The monoisotopic (exact) mass is 266 g/mol. The van der Waals surface area contributed by atoms with Crippen LogP contribution in [-0.2, 0) is 0 Å². The van der Waals surface area contributed by atoms with E-state index in [1.807, 2.05) is 0 Å². The van der Waals surface area contributed by atoms with Gasteiger partial charge >= 0.3 is 0 Å². The normalized spacial score (nSPS) is 40.7. The second kappa shape index (κ2) is 6.11. The Morgan fingerprint density at radius 2 is 1.84 bits per heavy atom. The van der Waals surface area contributed by atoms with E-state index in [4.69, 9.17) is 0 Å². The fourth-order valence-electron chi connectivity index (χ4n) is 4.23. The van der Waals surface area contributed by atoms with Gasteiger partial charge in [0.15, 0.2) is 0 Å². The molecule has 0 radical (unpaired) electrons. The minimum atomic E-state index is 0.390. The lowest BCUT2D eigenvalue weighted by atomic mass is 9.79. The van der Waals surface area contributed by atoms with Crippen LogP contribution < -0.4 is 5.32 Å². The van der Waals surface area contributed by atoms with E-state index in [1.54, 1.807) is 0 Å². The SMILES string of the molecule is CC1CC(NCC2CCCCC2CO)CN1C1CC1. The maximum absolute atomic E-state index is 9.48. The van der Waals surface area contributed by atoms with Crippen LogP contribution in [0.15, 0.2) is 0 Å². The predicted octanol–water partition coefficient (Wildman–Crippen LogP) is 2.00. The van der Waals surface area contributed by atoms with Crippen molar-refractivity contribution in [3.05, 3.63) is 0 Å². The molecule has 0 aromatic rings. The molecule has 3 fully saturated rings. The van der Waals surface area contributed by atoms with E-state index in [-0.39, 0.29) is 0 Å². The second-order valence-electron chi connectivity index (χ2n) is 7.11. The van der Waals surface area contributed by atoms with Crippen LogP contribution in [0.5, 0.6) is 0 Å². The summed E-state index contributed by atoms with van der Waals surface area (Å²) in [5, 5.41) is 13.3. The van der Waals surface area contributed by atoms with Crippen molar-refractivity contribution in [2.75, 3.05) is 19.7 Å². The summed E-state index contributed by atoms with van der Waals surface area (Å²) in [4.78, 5) is 2.71. The second-order valence-corrected chi connectivity index (χ2v) is 7.11. The maximum atomic E-state index is 9.48. The lowest BCUT2D eigenvalue weighted by Crippen LogP contribution is -2.39. The van der Waals surface area contributed by atoms with Crippen molar-refractivity contribution in [1.29, 1.82) is 0 Å². The van der Waals surface area contributed by atoms with E-state index in [2.05, 4.69) is 17.1 Å². The van der Waals surface area contributed by atoms with Crippen molar-refractivity contribution in [2.24, 2.45) is 11.8 Å². The summed E-state index contributed by atoms with van der Waals surface area (Å²) in [6.07, 6.45) is 9.38. The summed E-state index contributed by atoms with van der Waals surface area (Å²) in [7, 11) is 0. The highest BCUT2D eigenvalue weighted by Crippen LogP contribution is 2.34. The zero-order chi connectivity index (χ0) is 13.2. The molecule has 4 atom stereocenters. The lowest BCUT2D eigenvalue weighted by Gasteiger charge is -2.31. The zero-order valence-corrected chi connectivity index (χ0v) is 12.4. The number of aliphatic hydroxyl groups is 1. The molecular formula is C16H30N2O. The van der Waals surface area contributed by atoms with Crippen LogP contribution in [0.25, 0.3) is 0 Å². The van der Waals surface area contributed by atoms with E-state index in [0.717, 1.165) is 18.6 Å². The van der Waals surface area contributed by atoms with Crippen molar-refractivity contribution in [1.82, 2.24) is 10.2 Å². The first-order valence-corrected chi connectivity index (χ1v) is 8.38. The van der Waals surface area contributed by atoms with Crippen LogP contribution in [0.4, 0.5) is 0 Å². The first-order chi connectivity index (χ1) is 9.28. The molecule has 110 valence electrons. The Morgan fingerprint density at radius 3 is 2.53 bits per heavy atom. The topological polar surface area (TPSA) is 35.5 Å². The third-order valence-electron chi connectivity index (χ3n) is 5.61. The number of likely N-dealkylation sites (tertiary alicyclic amines) is 1. The standard InChI is InChI=1S/C16H30N2O/c1-12-8-15(10-18(12)16-6-7-16)17-9-13-4-2-3-5-14(13)11-19/h12-17,19H,2-11H2,1H3. The number of nitrogens with zero attached hydrogens (tertiary/aromatic N) is 1. The van der Waals surface area contributed by atoms with Crippen molar-refractivity contribution in [3.8, 4) is 0 Å². The molecule has 2 saturated carbocycles. The smallest absolute Gasteiger partial charge is 0.0462 e. The average Bonchev–Trinajstić information content (AvgIpc) is 3.21. The molecule has 19 heavy (non-hydrogen) atoms. The third kappa shape index (κ3) is 3.32. The molecule has 1 heterocycles. The van der Waals surface area contributed by atoms with Gasteiger partial charge in [-0.05, 0) is 57.4 Å². The van der Waals surface area contributed by atoms with Crippen LogP contribution in [-0.4, -0.2) is 47.8 Å². The van der Waals surface area contributed by atoms with Gasteiger partial charge in [-0.1, -0.05) is 12.8 Å². The number of hydrogen-bond acceptors (Lipinski definition) is 3. The highest BCUT2D eigenvalue weighted by atomic mass is 16.3. The highest BCUT2D eigenvalue weighted by Gasteiger charge is 2.38. The zero-order valence-electron chi connectivity index (χ0n) is 12.4. The predicted molar refractivity (Wildman–Crippen MR) is 78.1 cm³/mol. The van der Waals surface area contributed by atoms with Crippen molar-refractivity contribution in [3.63, 3.8) is 0 Å². The van der Waals surface area contributed by atoms with Gasteiger partial charge in [0.25, 0.3) is 0 Å². The van der Waals surface area contributed by atoms with Gasteiger partial charge in [-0.25, -0.2) is 0 Å². The molecule has 0 aromatic carbocycles. The largest absolute Gasteiger partial charge is 0.396 e. The summed E-state index contributed by atoms with van der Waals surface area (Å²) >= 11 is 0. The third-order valence-corrected chi connectivity index (χ3v) is 5.61. The van der Waals surface area contributed by atoms with Gasteiger partial charge < -0.3 is 10.4 Å². The highest BCUT2D eigenvalue weighted by molar-refractivity contribution is 4.96. The van der Waals surface area contributed by atoms with Gasteiger partial charge in [-0.2, -0.15) is 0 Å². The Labute approximate surface area is 117 Å². The molecule has 4 unspecified atom stereocenters. The molecule has 0 amide bonds. The summed E-state index contributed by atoms with van der Waals surface area (Å²) in [6, 6.07) is 2.36. The van der Waals surface area contributed by atoms with Crippen LogP contribution in [0.3, 0.4) is 0 Å². The molecule has 0 spiro atoms. The first kappa shape index (κ1) is 13.8. The van der Waals surface area contributed by atoms with Crippen LogP contribution >= 0.6 is 0 Å². The Morgan fingerprint density at radius 1 is 1.11 bits per heavy atom. The minimum absolute atomic E-state index is 0.390. The number of aliphatic hydroxyl groups excluding tert-OH is 1. The van der Waals surface area contributed by atoms with Crippen molar-refractivity contribution >= 4 is 0 Å². The molecule has 0 aromatic heterocycles. The van der Waals surface area contributed by atoms with Crippen molar-refractivity contribution in [2.45, 2.75) is 70.0 Å². The van der Waals surface area contributed by atoms with Gasteiger partial charge in [-0.3, -0.25) is 4.90 Å². The van der Waals surface area contributed by atoms with Gasteiger partial charge in [-0.15, -0.1) is 0 Å². The molecular weight excluding hydrogens is 236 g/mol. The summed E-state index contributed by atoms with van der Waals surface area (Å²) in [5.41, 5.74) is 0. The number of nitrogens with one attached hydrogen (secondary N) is 1. The van der Waals surface area contributed by atoms with Gasteiger partial charge in [0.05, 0.1) is 0 Å². The molecule has 3 heteroatoms. The molecule has 1 aliphatic heterocycles. The summed E-state index contributed by atoms with van der Waals surface area (Å²) < 4.78 is 0. The molecule has 2 N–H and O–H groups in total. The lowest BCUT2D eigenvalue weighted by molar-refractivity contribution is 0.131. The fourth-order valence-corrected chi connectivity index (χ4v) is 4.23. The van der Waals surface area contributed by atoms with E-state index < -0.39 is 0 Å². The molecule has 3 nitrogen and oxygen atoms in total. The maximum Gasteiger partial charge on any atom is 0.0462 e. The molecule has 0 bridgehead atoms. The van der Waals surface area contributed by atoms with Crippen LogP contribution in [0.1, 0.15) is 51.9 Å².